The first kappa shape index (κ1) is 13.2. The van der Waals surface area contributed by atoms with E-state index in [1.165, 1.54) is 0 Å². The van der Waals surface area contributed by atoms with E-state index >= 15 is 0 Å². The summed E-state index contributed by atoms with van der Waals surface area (Å²) < 4.78 is 28.3. The van der Waals surface area contributed by atoms with Crippen LogP contribution in [0.1, 0.15) is 37.9 Å². The fourth-order valence-electron chi connectivity index (χ4n) is 2.52. The molecule has 0 aliphatic heterocycles. The second-order valence-electron chi connectivity index (χ2n) is 5.07. The molecule has 0 amide bonds. The largest absolute Gasteiger partial charge is 0.338 e. The average Bonchev–Trinajstić information content (AvgIpc) is 2.70. The van der Waals surface area contributed by atoms with E-state index in [0.717, 1.165) is 5.82 Å². The lowest BCUT2D eigenvalue weighted by atomic mass is 9.82. The zero-order valence-corrected chi connectivity index (χ0v) is 10.5. The van der Waals surface area contributed by atoms with Crippen molar-refractivity contribution in [3.63, 3.8) is 0 Å². The van der Waals surface area contributed by atoms with Gasteiger partial charge in [-0.25, -0.2) is 13.8 Å². The van der Waals surface area contributed by atoms with Gasteiger partial charge >= 0.3 is 0 Å². The molecule has 1 unspecified atom stereocenters. The summed E-state index contributed by atoms with van der Waals surface area (Å²) in [5.41, 5.74) is 0. The zero-order chi connectivity index (χ0) is 13.2. The topological polar surface area (TPSA) is 34.9 Å². The predicted molar refractivity (Wildman–Crippen MR) is 63.4 cm³/mol. The number of carbonyl (C=O) groups excluding carboxylic acids is 1. The number of ketones is 1. The molecule has 0 radical (unpaired) electrons. The highest BCUT2D eigenvalue weighted by molar-refractivity contribution is 5.81. The Kier molecular flexibility index (Phi) is 3.78. The first-order valence-electron chi connectivity index (χ1n) is 6.35. The molecule has 0 aromatic carbocycles. The van der Waals surface area contributed by atoms with E-state index < -0.39 is 11.8 Å². The van der Waals surface area contributed by atoms with Gasteiger partial charge in [0.15, 0.2) is 0 Å². The van der Waals surface area contributed by atoms with Crippen molar-refractivity contribution >= 4 is 5.78 Å². The summed E-state index contributed by atoms with van der Waals surface area (Å²) in [5, 5.41) is 0. The fourth-order valence-corrected chi connectivity index (χ4v) is 2.52. The Labute approximate surface area is 105 Å². The van der Waals surface area contributed by atoms with Crippen molar-refractivity contribution in [2.75, 3.05) is 0 Å². The Morgan fingerprint density at radius 3 is 3.00 bits per heavy atom. The van der Waals surface area contributed by atoms with Gasteiger partial charge in [-0.15, -0.1) is 0 Å². The Morgan fingerprint density at radius 2 is 2.39 bits per heavy atom. The lowest BCUT2D eigenvalue weighted by molar-refractivity contribution is -0.130. The molecule has 0 saturated heterocycles. The number of imidazole rings is 1. The van der Waals surface area contributed by atoms with Gasteiger partial charge in [0.2, 0.25) is 5.92 Å². The minimum absolute atomic E-state index is 0.0441. The molecule has 0 spiro atoms. The van der Waals surface area contributed by atoms with Crippen LogP contribution >= 0.6 is 0 Å². The highest BCUT2D eigenvalue weighted by Gasteiger charge is 2.38. The van der Waals surface area contributed by atoms with E-state index in [9.17, 15) is 13.6 Å². The second kappa shape index (κ2) is 5.16. The molecule has 3 nitrogen and oxygen atoms in total. The van der Waals surface area contributed by atoms with Crippen molar-refractivity contribution in [3.8, 4) is 0 Å². The third-order valence-electron chi connectivity index (χ3n) is 3.61. The van der Waals surface area contributed by atoms with Gasteiger partial charge in [0, 0.05) is 51.0 Å². The van der Waals surface area contributed by atoms with Crippen LogP contribution in [-0.4, -0.2) is 21.3 Å². The van der Waals surface area contributed by atoms with Crippen LogP contribution in [0.4, 0.5) is 8.78 Å². The molecule has 1 heterocycles. The van der Waals surface area contributed by atoms with Gasteiger partial charge in [-0.3, -0.25) is 4.79 Å². The number of nitrogens with zero attached hydrogens (tertiary/aromatic N) is 2. The first-order valence-corrected chi connectivity index (χ1v) is 6.35. The SMILES string of the molecule is Cn1ccnc1CCC(=O)C1CCCC(F)(F)C1. The molecule has 1 aliphatic carbocycles. The van der Waals surface area contributed by atoms with Crippen molar-refractivity contribution < 1.29 is 13.6 Å². The summed E-state index contributed by atoms with van der Waals surface area (Å²) in [6.45, 7) is 0. The van der Waals surface area contributed by atoms with Crippen LogP contribution in [0.15, 0.2) is 12.4 Å². The molecule has 0 N–H and O–H groups in total. The molecular weight excluding hydrogens is 238 g/mol. The number of aryl methyl sites for hydroxylation is 2. The van der Waals surface area contributed by atoms with Gasteiger partial charge in [0.1, 0.15) is 11.6 Å². The van der Waals surface area contributed by atoms with Crippen molar-refractivity contribution in [1.29, 1.82) is 0 Å². The number of halogens is 2. The van der Waals surface area contributed by atoms with E-state index in [1.807, 2.05) is 17.8 Å². The zero-order valence-electron chi connectivity index (χ0n) is 10.5. The van der Waals surface area contributed by atoms with E-state index in [4.69, 9.17) is 0 Å². The van der Waals surface area contributed by atoms with Crippen LogP contribution in [0.25, 0.3) is 0 Å². The van der Waals surface area contributed by atoms with Gasteiger partial charge in [0.25, 0.3) is 0 Å². The molecule has 100 valence electrons. The molecule has 2 rings (SSSR count). The molecular formula is C13H18F2N2O. The number of alkyl halides is 2. The fraction of sp³-hybridized carbons (Fsp3) is 0.692. The van der Waals surface area contributed by atoms with E-state index in [2.05, 4.69) is 4.98 Å². The minimum Gasteiger partial charge on any atom is -0.338 e. The first-order chi connectivity index (χ1) is 8.48. The molecule has 0 bridgehead atoms. The Balaban J connectivity index is 1.86. The summed E-state index contributed by atoms with van der Waals surface area (Å²) in [6, 6.07) is 0. The molecule has 5 heteroatoms. The van der Waals surface area contributed by atoms with Crippen LogP contribution in [0, 0.1) is 5.92 Å². The van der Waals surface area contributed by atoms with Gasteiger partial charge < -0.3 is 4.57 Å². The minimum atomic E-state index is -2.65. The van der Waals surface area contributed by atoms with Gasteiger partial charge in [-0.1, -0.05) is 0 Å². The summed E-state index contributed by atoms with van der Waals surface area (Å²) in [6.07, 6.45) is 5.04. The number of rotatable bonds is 4. The van der Waals surface area contributed by atoms with Gasteiger partial charge in [0.05, 0.1) is 0 Å². The van der Waals surface area contributed by atoms with Crippen LogP contribution in [-0.2, 0) is 18.3 Å². The summed E-state index contributed by atoms with van der Waals surface area (Å²) >= 11 is 0. The maximum absolute atomic E-state index is 13.2. The molecule has 1 aromatic rings. The third-order valence-corrected chi connectivity index (χ3v) is 3.61. The highest BCUT2D eigenvalue weighted by atomic mass is 19.3. The number of hydrogen-bond donors (Lipinski definition) is 0. The van der Waals surface area contributed by atoms with Crippen molar-refractivity contribution in [1.82, 2.24) is 9.55 Å². The number of hydrogen-bond acceptors (Lipinski definition) is 2. The molecule has 1 atom stereocenters. The quantitative estimate of drug-likeness (QED) is 0.830. The second-order valence-corrected chi connectivity index (χ2v) is 5.07. The van der Waals surface area contributed by atoms with Crippen LogP contribution in [0.5, 0.6) is 0 Å². The van der Waals surface area contributed by atoms with Crippen molar-refractivity contribution in [2.24, 2.45) is 13.0 Å². The lowest BCUT2D eigenvalue weighted by Gasteiger charge is -2.27. The molecule has 1 saturated carbocycles. The molecule has 18 heavy (non-hydrogen) atoms. The number of Topliss-reactive ketones (excluding diaryl/α,β-unsaturated/α-hetero) is 1. The summed E-state index contributed by atoms with van der Waals surface area (Å²) in [5.74, 6) is -2.33. The third kappa shape index (κ3) is 3.15. The standard InChI is InChI=1S/C13H18F2N2O/c1-17-8-7-16-12(17)5-4-11(18)10-3-2-6-13(14,15)9-10/h7-8,10H,2-6,9H2,1H3. The molecule has 1 fully saturated rings. The van der Waals surface area contributed by atoms with Crippen LogP contribution in [0.2, 0.25) is 0 Å². The summed E-state index contributed by atoms with van der Waals surface area (Å²) in [7, 11) is 1.86. The van der Waals surface area contributed by atoms with E-state index in [-0.39, 0.29) is 18.6 Å². The van der Waals surface area contributed by atoms with Crippen molar-refractivity contribution in [2.45, 2.75) is 44.4 Å². The lowest BCUT2D eigenvalue weighted by Crippen LogP contribution is -2.30. The average molecular weight is 256 g/mol. The number of carbonyl (C=O) groups is 1. The maximum Gasteiger partial charge on any atom is 0.248 e. The van der Waals surface area contributed by atoms with Gasteiger partial charge in [-0.2, -0.15) is 0 Å². The highest BCUT2D eigenvalue weighted by Crippen LogP contribution is 2.37. The monoisotopic (exact) mass is 256 g/mol. The Morgan fingerprint density at radius 1 is 1.61 bits per heavy atom. The Bertz CT molecular complexity index is 428. The molecule has 1 aromatic heterocycles. The number of aromatic nitrogens is 2. The normalized spacial score (nSPS) is 22.9. The van der Waals surface area contributed by atoms with E-state index in [0.29, 0.717) is 25.7 Å². The smallest absolute Gasteiger partial charge is 0.248 e. The Hall–Kier alpha value is -1.26. The maximum atomic E-state index is 13.2. The van der Waals surface area contributed by atoms with E-state index in [1.54, 1.807) is 6.20 Å². The van der Waals surface area contributed by atoms with Crippen LogP contribution in [0.3, 0.4) is 0 Å². The predicted octanol–water partition coefficient (Wildman–Crippen LogP) is 2.75. The van der Waals surface area contributed by atoms with Gasteiger partial charge in [-0.05, 0) is 12.8 Å². The van der Waals surface area contributed by atoms with Crippen molar-refractivity contribution in [3.05, 3.63) is 18.2 Å². The summed E-state index contributed by atoms with van der Waals surface area (Å²) in [4.78, 5) is 16.0. The van der Waals surface area contributed by atoms with Crippen LogP contribution < -0.4 is 0 Å². The molecule has 1 aliphatic rings.